The van der Waals surface area contributed by atoms with Crippen molar-refractivity contribution in [2.24, 2.45) is 0 Å². The van der Waals surface area contributed by atoms with Gasteiger partial charge in [-0.25, -0.2) is 24.9 Å². The van der Waals surface area contributed by atoms with Gasteiger partial charge in [0.15, 0.2) is 11.5 Å². The molecule has 0 unspecified atom stereocenters. The lowest BCUT2D eigenvalue weighted by Gasteiger charge is -2.32. The second-order valence-electron chi connectivity index (χ2n) is 10.6. The van der Waals surface area contributed by atoms with Crippen LogP contribution in [0.3, 0.4) is 0 Å². The lowest BCUT2D eigenvalue weighted by Crippen LogP contribution is -2.48. The Hall–Kier alpha value is -3.81. The Morgan fingerprint density at radius 2 is 1.68 bits per heavy atom. The van der Waals surface area contributed by atoms with E-state index in [1.165, 1.54) is 0 Å². The zero-order chi connectivity index (χ0) is 28.6. The van der Waals surface area contributed by atoms with Gasteiger partial charge in [-0.15, -0.1) is 0 Å². The van der Waals surface area contributed by atoms with E-state index < -0.39 is 0 Å². The van der Waals surface area contributed by atoms with Crippen LogP contribution in [0.2, 0.25) is 0 Å². The van der Waals surface area contributed by atoms with Gasteiger partial charge in [-0.1, -0.05) is 12.8 Å². The van der Waals surface area contributed by atoms with Crippen LogP contribution in [0.25, 0.3) is 22.4 Å². The van der Waals surface area contributed by atoms with Crippen molar-refractivity contribution < 1.29 is 19.5 Å². The number of ether oxygens (including phenoxy) is 1. The molecule has 2 saturated heterocycles. The molecule has 13 heteroatoms. The number of urea groups is 1. The average Bonchev–Trinajstić information content (AvgIpc) is 3.42. The summed E-state index contributed by atoms with van der Waals surface area (Å²) < 4.78 is 7.50. The van der Waals surface area contributed by atoms with Crippen molar-refractivity contribution in [2.45, 2.75) is 38.6 Å². The number of carbonyl (C=O) groups is 2. The van der Waals surface area contributed by atoms with Gasteiger partial charge in [0.05, 0.1) is 24.8 Å². The van der Waals surface area contributed by atoms with Gasteiger partial charge in [0.2, 0.25) is 5.91 Å². The number of aromatic nitrogens is 4. The molecule has 5 rings (SSSR count). The van der Waals surface area contributed by atoms with Crippen molar-refractivity contribution in [1.29, 1.82) is 0 Å². The fourth-order valence-electron chi connectivity index (χ4n) is 5.12. The van der Waals surface area contributed by atoms with Crippen molar-refractivity contribution in [3.05, 3.63) is 30.5 Å². The van der Waals surface area contributed by atoms with E-state index in [2.05, 4.69) is 27.3 Å². The Bertz CT molecular complexity index is 1320. The average molecular weight is 566 g/mol. The van der Waals surface area contributed by atoms with Gasteiger partial charge in [0.1, 0.15) is 5.82 Å². The molecule has 0 aliphatic carbocycles. The van der Waals surface area contributed by atoms with Crippen LogP contribution in [0, 0.1) is 0 Å². The summed E-state index contributed by atoms with van der Waals surface area (Å²) in [6.07, 6.45) is 5.61. The lowest BCUT2D eigenvalue weighted by atomic mass is 10.1. The van der Waals surface area contributed by atoms with Crippen LogP contribution < -0.4 is 15.7 Å². The summed E-state index contributed by atoms with van der Waals surface area (Å²) >= 11 is 0. The minimum Gasteiger partial charge on any atom is -0.378 e. The van der Waals surface area contributed by atoms with Crippen molar-refractivity contribution >= 4 is 34.5 Å². The van der Waals surface area contributed by atoms with Crippen molar-refractivity contribution in [1.82, 2.24) is 35.0 Å². The quantitative estimate of drug-likeness (QED) is 0.192. The zero-order valence-corrected chi connectivity index (χ0v) is 23.6. The highest BCUT2D eigenvalue weighted by atomic mass is 16.5. The first-order chi connectivity index (χ1) is 20.0. The number of hydroxylamine groups is 1. The van der Waals surface area contributed by atoms with Crippen LogP contribution in [0.15, 0.2) is 30.5 Å². The summed E-state index contributed by atoms with van der Waals surface area (Å²) in [4.78, 5) is 40.1. The molecule has 2 aliphatic heterocycles. The van der Waals surface area contributed by atoms with E-state index in [0.717, 1.165) is 80.0 Å². The number of anilines is 2. The van der Waals surface area contributed by atoms with Gasteiger partial charge in [-0.2, -0.15) is 5.10 Å². The molecule has 2 fully saturated rings. The number of likely N-dealkylation sites (N-methyl/N-ethyl adjacent to an activating group) is 1. The molecule has 2 aromatic heterocycles. The van der Waals surface area contributed by atoms with Crippen LogP contribution in [-0.2, 0) is 16.1 Å². The molecular formula is C28H39N9O4. The second kappa shape index (κ2) is 13.7. The fourth-order valence-corrected chi connectivity index (χ4v) is 5.12. The van der Waals surface area contributed by atoms with E-state index in [1.807, 2.05) is 40.0 Å². The van der Waals surface area contributed by atoms with Crippen LogP contribution in [0.5, 0.6) is 0 Å². The first kappa shape index (κ1) is 28.7. The number of carbonyl (C=O) groups excluding carboxylic acids is 2. The van der Waals surface area contributed by atoms with Gasteiger partial charge >= 0.3 is 6.03 Å². The maximum Gasteiger partial charge on any atom is 0.321 e. The number of benzene rings is 1. The first-order valence-electron chi connectivity index (χ1n) is 14.4. The van der Waals surface area contributed by atoms with Crippen molar-refractivity contribution in [3.63, 3.8) is 0 Å². The molecule has 1 aromatic carbocycles. The summed E-state index contributed by atoms with van der Waals surface area (Å²) in [5.74, 6) is 1.10. The van der Waals surface area contributed by atoms with E-state index in [9.17, 15) is 9.59 Å². The first-order valence-corrected chi connectivity index (χ1v) is 14.4. The molecule has 13 nitrogen and oxygen atoms in total. The summed E-state index contributed by atoms with van der Waals surface area (Å²) in [7, 11) is 2.07. The third-order valence-electron chi connectivity index (χ3n) is 7.62. The van der Waals surface area contributed by atoms with Crippen LogP contribution in [-0.4, -0.2) is 106 Å². The van der Waals surface area contributed by atoms with E-state index >= 15 is 0 Å². The third kappa shape index (κ3) is 7.29. The smallest absolute Gasteiger partial charge is 0.321 e. The predicted molar refractivity (Wildman–Crippen MR) is 155 cm³/mol. The SMILES string of the molecule is CN1CCN(C(=O)Nc2ccc(-c3nc(N4CCOCC4)c4cnn(CCCCCCC(=O)NO)c4n3)cc2)CC1. The number of hydrogen-bond donors (Lipinski definition) is 3. The normalized spacial score (nSPS) is 16.2. The molecule has 0 bridgehead atoms. The van der Waals surface area contributed by atoms with Crippen LogP contribution >= 0.6 is 0 Å². The van der Waals surface area contributed by atoms with Gasteiger partial charge in [0.25, 0.3) is 0 Å². The Labute approximate surface area is 239 Å². The Kier molecular flexibility index (Phi) is 9.59. The maximum atomic E-state index is 12.7. The van der Waals surface area contributed by atoms with E-state index in [-0.39, 0.29) is 11.9 Å². The minimum atomic E-state index is -0.353. The number of piperazine rings is 1. The summed E-state index contributed by atoms with van der Waals surface area (Å²) in [5.41, 5.74) is 4.04. The third-order valence-corrected chi connectivity index (χ3v) is 7.62. The molecule has 3 N–H and O–H groups in total. The minimum absolute atomic E-state index is 0.0845. The lowest BCUT2D eigenvalue weighted by molar-refractivity contribution is -0.129. The maximum absolute atomic E-state index is 12.7. The highest BCUT2D eigenvalue weighted by Gasteiger charge is 2.22. The Morgan fingerprint density at radius 3 is 2.41 bits per heavy atom. The largest absolute Gasteiger partial charge is 0.378 e. The molecule has 0 spiro atoms. The van der Waals surface area contributed by atoms with Crippen LogP contribution in [0.1, 0.15) is 32.1 Å². The number of amides is 3. The molecular weight excluding hydrogens is 526 g/mol. The fraction of sp³-hybridized carbons (Fsp3) is 0.536. The number of hydrogen-bond acceptors (Lipinski definition) is 9. The molecule has 41 heavy (non-hydrogen) atoms. The highest BCUT2D eigenvalue weighted by molar-refractivity contribution is 5.90. The number of fused-ring (bicyclic) bond motifs is 1. The topological polar surface area (TPSA) is 141 Å². The van der Waals surface area contributed by atoms with E-state index in [0.29, 0.717) is 45.1 Å². The standard InChI is InChI=1S/C28H39N9O4/c1-34-12-14-36(15-13-34)28(39)30-22-9-7-21(8-10-22)25-31-26(35-16-18-41-19-17-35)23-20-29-37(27(23)32-25)11-5-3-2-4-6-24(38)33-40/h7-10,20,40H,2-6,11-19H2,1H3,(H,30,39)(H,33,38). The number of nitrogens with one attached hydrogen (secondary N) is 2. The second-order valence-corrected chi connectivity index (χ2v) is 10.6. The molecule has 220 valence electrons. The summed E-state index contributed by atoms with van der Waals surface area (Å²) in [6.45, 7) is 6.65. The number of morpholine rings is 1. The number of unbranched alkanes of at least 4 members (excludes halogenated alkanes) is 3. The molecule has 3 amide bonds. The van der Waals surface area contributed by atoms with Gasteiger partial charge in [-0.3, -0.25) is 10.0 Å². The Morgan fingerprint density at radius 1 is 0.951 bits per heavy atom. The number of rotatable bonds is 10. The summed E-state index contributed by atoms with van der Waals surface area (Å²) in [6, 6.07) is 7.57. The molecule has 0 radical (unpaired) electrons. The molecule has 4 heterocycles. The molecule has 2 aliphatic rings. The Balaban J connectivity index is 1.31. The monoisotopic (exact) mass is 565 g/mol. The van der Waals surface area contributed by atoms with Gasteiger partial charge in [0, 0.05) is 63.5 Å². The highest BCUT2D eigenvalue weighted by Crippen LogP contribution is 2.29. The number of aryl methyl sites for hydroxylation is 1. The van der Waals surface area contributed by atoms with Gasteiger partial charge in [-0.05, 0) is 44.2 Å². The zero-order valence-electron chi connectivity index (χ0n) is 23.6. The van der Waals surface area contributed by atoms with E-state index in [1.54, 1.807) is 5.48 Å². The summed E-state index contributed by atoms with van der Waals surface area (Å²) in [5, 5.41) is 17.2. The van der Waals surface area contributed by atoms with Crippen LogP contribution in [0.4, 0.5) is 16.3 Å². The molecule has 3 aromatic rings. The predicted octanol–water partition coefficient (Wildman–Crippen LogP) is 2.57. The molecule has 0 atom stereocenters. The van der Waals surface area contributed by atoms with E-state index in [4.69, 9.17) is 19.9 Å². The van der Waals surface area contributed by atoms with Gasteiger partial charge < -0.3 is 24.8 Å². The molecule has 0 saturated carbocycles. The van der Waals surface area contributed by atoms with Crippen molar-refractivity contribution in [2.75, 3.05) is 69.7 Å². The van der Waals surface area contributed by atoms with Crippen molar-refractivity contribution in [3.8, 4) is 11.4 Å². The number of nitrogens with zero attached hydrogens (tertiary/aromatic N) is 7.